The molecule has 10 rings (SSSR count). The summed E-state index contributed by atoms with van der Waals surface area (Å²) in [5, 5.41) is 24.3. The van der Waals surface area contributed by atoms with E-state index < -0.39 is 0 Å². The van der Waals surface area contributed by atoms with Crippen molar-refractivity contribution in [1.82, 2.24) is 19.1 Å². The van der Waals surface area contributed by atoms with E-state index in [9.17, 15) is 10.5 Å². The molecule has 0 bridgehead atoms. The number of para-hydroxylation sites is 2. The summed E-state index contributed by atoms with van der Waals surface area (Å²) in [6, 6.07) is 62.0. The molecule has 0 unspecified atom stereocenters. The van der Waals surface area contributed by atoms with Crippen molar-refractivity contribution in [3.63, 3.8) is 0 Å². The maximum Gasteiger partial charge on any atom is 0.235 e. The molecule has 0 aliphatic carbocycles. The van der Waals surface area contributed by atoms with Gasteiger partial charge in [-0.1, -0.05) is 115 Å². The highest BCUT2D eigenvalue weighted by Gasteiger charge is 2.21. The number of nitrogens with zero attached hydrogens (tertiary/aromatic N) is 6. The first-order valence-corrected chi connectivity index (χ1v) is 17.7. The van der Waals surface area contributed by atoms with Gasteiger partial charge in [0, 0.05) is 43.9 Å². The molecule has 250 valence electrons. The van der Waals surface area contributed by atoms with Crippen LogP contribution in [-0.2, 0) is 0 Å². The van der Waals surface area contributed by atoms with E-state index in [1.807, 2.05) is 48.5 Å². The second-order valence-electron chi connectivity index (χ2n) is 13.3. The lowest BCUT2D eigenvalue weighted by molar-refractivity contribution is 0.996. The monoisotopic (exact) mass is 688 g/mol. The van der Waals surface area contributed by atoms with Gasteiger partial charge in [-0.2, -0.15) is 10.5 Å². The number of aromatic nitrogens is 4. The molecule has 0 aliphatic heterocycles. The van der Waals surface area contributed by atoms with E-state index in [1.54, 1.807) is 18.2 Å². The van der Waals surface area contributed by atoms with Crippen LogP contribution in [0, 0.1) is 22.7 Å². The van der Waals surface area contributed by atoms with Crippen molar-refractivity contribution < 1.29 is 0 Å². The number of hydrogen-bond donors (Lipinski definition) is 0. The molecule has 0 atom stereocenters. The molecule has 3 heterocycles. The van der Waals surface area contributed by atoms with Crippen LogP contribution >= 0.6 is 0 Å². The van der Waals surface area contributed by atoms with Crippen LogP contribution in [-0.4, -0.2) is 19.1 Å². The van der Waals surface area contributed by atoms with Crippen LogP contribution in [0.15, 0.2) is 170 Å². The van der Waals surface area contributed by atoms with Gasteiger partial charge in [0.25, 0.3) is 0 Å². The fraction of sp³-hybridized carbons (Fsp3) is 0. The highest BCUT2D eigenvalue weighted by atomic mass is 15.2. The van der Waals surface area contributed by atoms with Gasteiger partial charge in [0.2, 0.25) is 5.95 Å². The predicted octanol–water partition coefficient (Wildman–Crippen LogP) is 11.4. The van der Waals surface area contributed by atoms with E-state index in [1.165, 1.54) is 0 Å². The molecule has 6 nitrogen and oxygen atoms in total. The van der Waals surface area contributed by atoms with Gasteiger partial charge >= 0.3 is 0 Å². The zero-order valence-electron chi connectivity index (χ0n) is 28.8. The SMILES string of the molecule is N#Cc1cccc(C#N)c1-c1cccc(-n2c3ccccc3c3cc4c(cc32)c2ccccc2n4-c2nc(-c3ccccc3)cc(-c3ccccc3)n2)c1. The smallest absolute Gasteiger partial charge is 0.235 e. The Balaban J connectivity index is 1.26. The van der Waals surface area contributed by atoms with Gasteiger partial charge in [-0.3, -0.25) is 4.57 Å². The standard InChI is InChI=1S/C48H28N6/c49-29-34-18-11-19-35(30-50)47(34)33-17-12-20-36(25-33)53-43-23-9-7-21-37(43)39-27-46-40(26-45(39)53)38-22-8-10-24-44(38)54(46)48-51-41(31-13-3-1-4-14-31)28-42(52-48)32-15-5-2-6-16-32/h1-28H. The Morgan fingerprint density at radius 1 is 0.389 bits per heavy atom. The summed E-state index contributed by atoms with van der Waals surface area (Å²) in [6.07, 6.45) is 0. The minimum Gasteiger partial charge on any atom is -0.309 e. The van der Waals surface area contributed by atoms with Crippen LogP contribution < -0.4 is 0 Å². The van der Waals surface area contributed by atoms with E-state index in [2.05, 4.69) is 124 Å². The topological polar surface area (TPSA) is 83.2 Å². The van der Waals surface area contributed by atoms with E-state index >= 15 is 0 Å². The largest absolute Gasteiger partial charge is 0.309 e. The molecule has 0 saturated carbocycles. The molecule has 0 radical (unpaired) electrons. The third kappa shape index (κ3) is 4.87. The highest BCUT2D eigenvalue weighted by molar-refractivity contribution is 6.19. The maximum absolute atomic E-state index is 9.98. The summed E-state index contributed by atoms with van der Waals surface area (Å²) >= 11 is 0. The lowest BCUT2D eigenvalue weighted by Crippen LogP contribution is -2.04. The quantitative estimate of drug-likeness (QED) is 0.180. The first-order chi connectivity index (χ1) is 26.7. The van der Waals surface area contributed by atoms with Gasteiger partial charge in [0.15, 0.2) is 0 Å². The Kier molecular flexibility index (Phi) is 7.15. The molecule has 6 heteroatoms. The fourth-order valence-electron chi connectivity index (χ4n) is 7.82. The minimum absolute atomic E-state index is 0.469. The molecular formula is C48H28N6. The second-order valence-corrected chi connectivity index (χ2v) is 13.3. The summed E-state index contributed by atoms with van der Waals surface area (Å²) in [5.41, 5.74) is 11.2. The summed E-state index contributed by atoms with van der Waals surface area (Å²) in [6.45, 7) is 0. The van der Waals surface area contributed by atoms with Gasteiger partial charge in [-0.25, -0.2) is 9.97 Å². The molecule has 0 aliphatic rings. The third-order valence-corrected chi connectivity index (χ3v) is 10.2. The summed E-state index contributed by atoms with van der Waals surface area (Å²) in [7, 11) is 0. The molecular weight excluding hydrogens is 661 g/mol. The van der Waals surface area contributed by atoms with Crippen molar-refractivity contribution in [3.05, 3.63) is 181 Å². The predicted molar refractivity (Wildman–Crippen MR) is 216 cm³/mol. The molecule has 3 aromatic heterocycles. The Morgan fingerprint density at radius 3 is 1.44 bits per heavy atom. The number of fused-ring (bicyclic) bond motifs is 6. The minimum atomic E-state index is 0.469. The Hall–Kier alpha value is -7.80. The van der Waals surface area contributed by atoms with Gasteiger partial charge in [-0.05, 0) is 60.2 Å². The normalized spacial score (nSPS) is 11.3. The molecule has 7 aromatic carbocycles. The Bertz CT molecular complexity index is 3090. The molecule has 10 aromatic rings. The Morgan fingerprint density at radius 2 is 0.870 bits per heavy atom. The fourth-order valence-corrected chi connectivity index (χ4v) is 7.82. The number of nitriles is 2. The number of rotatable bonds is 5. The van der Waals surface area contributed by atoms with E-state index in [0.29, 0.717) is 22.6 Å². The molecule has 0 saturated heterocycles. The average molecular weight is 689 g/mol. The molecule has 0 fully saturated rings. The second kappa shape index (κ2) is 12.5. The molecule has 54 heavy (non-hydrogen) atoms. The molecule has 0 spiro atoms. The molecule has 0 N–H and O–H groups in total. The number of hydrogen-bond acceptors (Lipinski definition) is 4. The first kappa shape index (κ1) is 31.0. The van der Waals surface area contributed by atoms with Crippen LogP contribution in [0.2, 0.25) is 0 Å². The van der Waals surface area contributed by atoms with E-state index in [4.69, 9.17) is 9.97 Å². The Labute approximate surface area is 310 Å². The van der Waals surface area contributed by atoms with Crippen LogP contribution in [0.5, 0.6) is 0 Å². The van der Waals surface area contributed by atoms with Crippen molar-refractivity contribution in [3.8, 4) is 57.4 Å². The van der Waals surface area contributed by atoms with E-state index in [-0.39, 0.29) is 0 Å². The first-order valence-electron chi connectivity index (χ1n) is 17.7. The highest BCUT2D eigenvalue weighted by Crippen LogP contribution is 2.40. The number of benzene rings is 7. The summed E-state index contributed by atoms with van der Waals surface area (Å²) in [4.78, 5) is 10.5. The van der Waals surface area contributed by atoms with Crippen molar-refractivity contribution >= 4 is 43.6 Å². The maximum atomic E-state index is 9.98. The van der Waals surface area contributed by atoms with Gasteiger partial charge < -0.3 is 4.57 Å². The zero-order chi connectivity index (χ0) is 36.2. The average Bonchev–Trinajstić information content (AvgIpc) is 3.75. The van der Waals surface area contributed by atoms with Crippen molar-refractivity contribution in [1.29, 1.82) is 10.5 Å². The van der Waals surface area contributed by atoms with Crippen LogP contribution in [0.4, 0.5) is 0 Å². The summed E-state index contributed by atoms with van der Waals surface area (Å²) in [5.74, 6) is 0.599. The van der Waals surface area contributed by atoms with Crippen molar-refractivity contribution in [2.75, 3.05) is 0 Å². The third-order valence-electron chi connectivity index (χ3n) is 10.2. The van der Waals surface area contributed by atoms with Gasteiger partial charge in [-0.15, -0.1) is 0 Å². The summed E-state index contributed by atoms with van der Waals surface area (Å²) < 4.78 is 4.47. The van der Waals surface area contributed by atoms with Crippen LogP contribution in [0.25, 0.3) is 88.9 Å². The van der Waals surface area contributed by atoms with Gasteiger partial charge in [0.1, 0.15) is 0 Å². The molecule has 0 amide bonds. The van der Waals surface area contributed by atoms with Crippen molar-refractivity contribution in [2.24, 2.45) is 0 Å². The lowest BCUT2D eigenvalue weighted by Gasteiger charge is -2.13. The van der Waals surface area contributed by atoms with E-state index in [0.717, 1.165) is 77.4 Å². The van der Waals surface area contributed by atoms with Gasteiger partial charge in [0.05, 0.1) is 56.7 Å². The van der Waals surface area contributed by atoms with Crippen LogP contribution in [0.3, 0.4) is 0 Å². The van der Waals surface area contributed by atoms with Crippen molar-refractivity contribution in [2.45, 2.75) is 0 Å². The zero-order valence-corrected chi connectivity index (χ0v) is 28.8. The lowest BCUT2D eigenvalue weighted by atomic mass is 9.95. The van der Waals surface area contributed by atoms with Crippen LogP contribution in [0.1, 0.15) is 11.1 Å².